The maximum absolute atomic E-state index is 13.1. The lowest BCUT2D eigenvalue weighted by Crippen LogP contribution is -2.07. The molecule has 0 saturated heterocycles. The molecule has 2 nitrogen and oxygen atoms in total. The van der Waals surface area contributed by atoms with E-state index >= 15 is 0 Å². The minimum absolute atomic E-state index is 0.0522. The molecule has 3 heteroatoms. The highest BCUT2D eigenvalue weighted by Gasteiger charge is 2.18. The summed E-state index contributed by atoms with van der Waals surface area (Å²) >= 11 is 1.74. The van der Waals surface area contributed by atoms with Crippen molar-refractivity contribution in [2.24, 2.45) is 4.99 Å². The minimum Gasteiger partial charge on any atom is -0.289 e. The number of thioether (sulfide) groups is 1. The highest BCUT2D eigenvalue weighted by Crippen LogP contribution is 2.32. The first-order valence-corrected chi connectivity index (χ1v) is 10.1. The van der Waals surface area contributed by atoms with Crippen LogP contribution in [0.2, 0.25) is 0 Å². The number of carbonyl (C=O) groups is 1. The lowest BCUT2D eigenvalue weighted by molar-refractivity contribution is 0.103. The standard InChI is InChI=1S/C24H23NOS/c1-3-18(2)27-24-20(17-25-21-14-8-5-9-15-21)13-10-16-22(24)23(26)19-11-6-4-7-12-19/h4-18H,3H2,1-2H3. The first kappa shape index (κ1) is 19.1. The molecule has 0 saturated carbocycles. The molecule has 136 valence electrons. The van der Waals surface area contributed by atoms with Crippen LogP contribution in [-0.2, 0) is 0 Å². The number of carbonyl (C=O) groups excluding carboxylic acids is 1. The van der Waals surface area contributed by atoms with E-state index in [1.807, 2.05) is 85.1 Å². The summed E-state index contributed by atoms with van der Waals surface area (Å²) in [6, 6.07) is 25.2. The topological polar surface area (TPSA) is 29.4 Å². The second-order valence-electron chi connectivity index (χ2n) is 6.35. The smallest absolute Gasteiger partial charge is 0.194 e. The minimum atomic E-state index is 0.0522. The van der Waals surface area contributed by atoms with Crippen molar-refractivity contribution in [2.45, 2.75) is 30.4 Å². The van der Waals surface area contributed by atoms with Gasteiger partial charge in [-0.05, 0) is 24.6 Å². The highest BCUT2D eigenvalue weighted by atomic mass is 32.2. The summed E-state index contributed by atoms with van der Waals surface area (Å²) in [5.74, 6) is 0.0522. The molecule has 3 rings (SSSR count). The number of hydrogen-bond donors (Lipinski definition) is 0. The van der Waals surface area contributed by atoms with Crippen LogP contribution < -0.4 is 0 Å². The fraction of sp³-hybridized carbons (Fsp3) is 0.167. The van der Waals surface area contributed by atoms with Crippen molar-refractivity contribution in [3.05, 3.63) is 95.6 Å². The molecule has 1 atom stereocenters. The van der Waals surface area contributed by atoms with Crippen molar-refractivity contribution in [3.8, 4) is 0 Å². The average Bonchev–Trinajstić information content (AvgIpc) is 2.73. The Labute approximate surface area is 165 Å². The molecule has 27 heavy (non-hydrogen) atoms. The van der Waals surface area contributed by atoms with Crippen LogP contribution in [0, 0.1) is 0 Å². The lowest BCUT2D eigenvalue weighted by atomic mass is 10.0. The molecule has 0 aromatic heterocycles. The monoisotopic (exact) mass is 373 g/mol. The molecule has 0 bridgehead atoms. The number of benzene rings is 3. The van der Waals surface area contributed by atoms with Gasteiger partial charge in [0.2, 0.25) is 0 Å². The molecule has 0 aliphatic rings. The Kier molecular flexibility index (Phi) is 6.61. The summed E-state index contributed by atoms with van der Waals surface area (Å²) in [7, 11) is 0. The van der Waals surface area contributed by atoms with Gasteiger partial charge in [0.1, 0.15) is 0 Å². The maximum atomic E-state index is 13.1. The van der Waals surface area contributed by atoms with Gasteiger partial charge in [-0.1, -0.05) is 74.5 Å². The van der Waals surface area contributed by atoms with Crippen LogP contribution in [0.15, 0.2) is 88.8 Å². The summed E-state index contributed by atoms with van der Waals surface area (Å²) in [4.78, 5) is 18.7. The van der Waals surface area contributed by atoms with Crippen molar-refractivity contribution in [2.75, 3.05) is 0 Å². The molecular formula is C24H23NOS. The predicted octanol–water partition coefficient (Wildman–Crippen LogP) is 6.56. The van der Waals surface area contributed by atoms with Gasteiger partial charge >= 0.3 is 0 Å². The van der Waals surface area contributed by atoms with E-state index in [0.29, 0.717) is 10.8 Å². The average molecular weight is 374 g/mol. The Morgan fingerprint density at radius 1 is 0.963 bits per heavy atom. The molecule has 1 unspecified atom stereocenters. The van der Waals surface area contributed by atoms with Gasteiger partial charge in [-0.2, -0.15) is 0 Å². The van der Waals surface area contributed by atoms with E-state index in [4.69, 9.17) is 0 Å². The zero-order chi connectivity index (χ0) is 19.1. The summed E-state index contributed by atoms with van der Waals surface area (Å²) in [6.07, 6.45) is 2.90. The summed E-state index contributed by atoms with van der Waals surface area (Å²) < 4.78 is 0. The van der Waals surface area contributed by atoms with Crippen molar-refractivity contribution in [1.82, 2.24) is 0 Å². The van der Waals surface area contributed by atoms with Gasteiger partial charge in [-0.3, -0.25) is 9.79 Å². The Bertz CT molecular complexity index is 920. The van der Waals surface area contributed by atoms with Crippen molar-refractivity contribution < 1.29 is 4.79 Å². The zero-order valence-electron chi connectivity index (χ0n) is 15.6. The largest absolute Gasteiger partial charge is 0.289 e. The van der Waals surface area contributed by atoms with Gasteiger partial charge < -0.3 is 0 Å². The van der Waals surface area contributed by atoms with Gasteiger partial charge in [-0.25, -0.2) is 0 Å². The van der Waals surface area contributed by atoms with Gasteiger partial charge in [0.05, 0.1) is 5.69 Å². The molecule has 0 spiro atoms. The van der Waals surface area contributed by atoms with Crippen LogP contribution in [0.3, 0.4) is 0 Å². The van der Waals surface area contributed by atoms with Crippen LogP contribution in [0.4, 0.5) is 5.69 Å². The third kappa shape index (κ3) is 4.95. The Balaban J connectivity index is 2.02. The molecular weight excluding hydrogens is 350 g/mol. The zero-order valence-corrected chi connectivity index (χ0v) is 16.4. The number of nitrogens with zero attached hydrogens (tertiary/aromatic N) is 1. The summed E-state index contributed by atoms with van der Waals surface area (Å²) in [5.41, 5.74) is 3.33. The maximum Gasteiger partial charge on any atom is 0.194 e. The SMILES string of the molecule is CCC(C)Sc1c(C=Nc2ccccc2)cccc1C(=O)c1ccccc1. The van der Waals surface area contributed by atoms with E-state index in [9.17, 15) is 4.79 Å². The molecule has 0 aliphatic heterocycles. The van der Waals surface area contributed by atoms with Crippen LogP contribution in [0.25, 0.3) is 0 Å². The van der Waals surface area contributed by atoms with E-state index in [-0.39, 0.29) is 5.78 Å². The number of hydrogen-bond acceptors (Lipinski definition) is 3. The third-order valence-corrected chi connectivity index (χ3v) is 5.76. The van der Waals surface area contributed by atoms with Crippen LogP contribution in [0.1, 0.15) is 41.8 Å². The summed E-state index contributed by atoms with van der Waals surface area (Å²) in [6.45, 7) is 4.35. The molecule has 0 radical (unpaired) electrons. The van der Waals surface area contributed by atoms with Crippen LogP contribution >= 0.6 is 11.8 Å². The van der Waals surface area contributed by atoms with E-state index in [2.05, 4.69) is 18.8 Å². The first-order chi connectivity index (χ1) is 13.2. The number of aliphatic imine (C=N–C) groups is 1. The molecule has 3 aromatic rings. The molecule has 0 fully saturated rings. The number of ketones is 1. The highest BCUT2D eigenvalue weighted by molar-refractivity contribution is 8.00. The van der Waals surface area contributed by atoms with Crippen molar-refractivity contribution >= 4 is 29.4 Å². The van der Waals surface area contributed by atoms with Crippen molar-refractivity contribution in [1.29, 1.82) is 0 Å². The van der Waals surface area contributed by atoms with Gasteiger partial charge in [0.15, 0.2) is 5.78 Å². The Morgan fingerprint density at radius 3 is 2.30 bits per heavy atom. The molecule has 0 amide bonds. The van der Waals surface area contributed by atoms with Gasteiger partial charge in [-0.15, -0.1) is 11.8 Å². The fourth-order valence-corrected chi connectivity index (χ4v) is 3.77. The van der Waals surface area contributed by atoms with Crippen LogP contribution in [-0.4, -0.2) is 17.2 Å². The molecule has 0 heterocycles. The Morgan fingerprint density at radius 2 is 1.63 bits per heavy atom. The quantitative estimate of drug-likeness (QED) is 0.267. The van der Waals surface area contributed by atoms with Gasteiger partial charge in [0, 0.05) is 33.1 Å². The number of para-hydroxylation sites is 1. The second-order valence-corrected chi connectivity index (χ2v) is 7.80. The lowest BCUT2D eigenvalue weighted by Gasteiger charge is -2.15. The fourth-order valence-electron chi connectivity index (χ4n) is 2.65. The van der Waals surface area contributed by atoms with Crippen molar-refractivity contribution in [3.63, 3.8) is 0 Å². The third-order valence-electron chi connectivity index (χ3n) is 4.33. The van der Waals surface area contributed by atoms with E-state index in [0.717, 1.165) is 28.1 Å². The second kappa shape index (κ2) is 9.33. The van der Waals surface area contributed by atoms with Gasteiger partial charge in [0.25, 0.3) is 0 Å². The van der Waals surface area contributed by atoms with E-state index in [1.54, 1.807) is 11.8 Å². The molecule has 0 N–H and O–H groups in total. The normalized spacial score (nSPS) is 12.2. The van der Waals surface area contributed by atoms with E-state index < -0.39 is 0 Å². The predicted molar refractivity (Wildman–Crippen MR) is 116 cm³/mol. The molecule has 3 aromatic carbocycles. The molecule has 0 aliphatic carbocycles. The number of rotatable bonds is 7. The van der Waals surface area contributed by atoms with Crippen LogP contribution in [0.5, 0.6) is 0 Å². The Hall–Kier alpha value is -2.65. The first-order valence-electron chi connectivity index (χ1n) is 9.17. The summed E-state index contributed by atoms with van der Waals surface area (Å²) in [5, 5.41) is 0.415. The van der Waals surface area contributed by atoms with E-state index in [1.165, 1.54) is 0 Å².